The van der Waals surface area contributed by atoms with E-state index >= 15 is 0 Å². The number of carbonyl (C=O) groups is 1. The molecule has 0 radical (unpaired) electrons. The van der Waals surface area contributed by atoms with E-state index in [9.17, 15) is 9.90 Å². The zero-order chi connectivity index (χ0) is 12.3. The molecule has 0 aliphatic heterocycles. The predicted octanol–water partition coefficient (Wildman–Crippen LogP) is 3.23. The first-order valence-corrected chi connectivity index (χ1v) is 6.48. The summed E-state index contributed by atoms with van der Waals surface area (Å²) in [5, 5.41) is 10.3. The lowest BCUT2D eigenvalue weighted by Gasteiger charge is -2.14. The van der Waals surface area contributed by atoms with Gasteiger partial charge < -0.3 is 5.11 Å². The Balaban J connectivity index is 3.04. The maximum Gasteiger partial charge on any atom is 0.312 e. The molecule has 1 rings (SSSR count). The summed E-state index contributed by atoms with van der Waals surface area (Å²) in [6.45, 7) is 7.89. The van der Waals surface area contributed by atoms with Crippen LogP contribution in [0.1, 0.15) is 48.7 Å². The smallest absolute Gasteiger partial charge is 0.312 e. The van der Waals surface area contributed by atoms with Gasteiger partial charge in [0.15, 0.2) is 0 Å². The van der Waals surface area contributed by atoms with E-state index in [0.717, 1.165) is 28.4 Å². The Morgan fingerprint density at radius 2 is 2.12 bits per heavy atom. The highest BCUT2D eigenvalue weighted by atomic mass is 32.1. The number of aromatic nitrogens is 1. The van der Waals surface area contributed by atoms with Crippen LogP contribution < -0.4 is 0 Å². The van der Waals surface area contributed by atoms with E-state index < -0.39 is 11.9 Å². The van der Waals surface area contributed by atoms with Gasteiger partial charge in [-0.2, -0.15) is 0 Å². The molecule has 0 saturated heterocycles. The van der Waals surface area contributed by atoms with Crippen molar-refractivity contribution in [1.29, 1.82) is 0 Å². The molecule has 1 unspecified atom stereocenters. The van der Waals surface area contributed by atoms with Gasteiger partial charge in [-0.3, -0.25) is 4.79 Å². The normalized spacial score (nSPS) is 13.1. The summed E-state index contributed by atoms with van der Waals surface area (Å²) >= 11 is 1.56. The van der Waals surface area contributed by atoms with Gasteiger partial charge in [-0.25, -0.2) is 4.98 Å². The lowest BCUT2D eigenvalue weighted by molar-refractivity contribution is -0.139. The van der Waals surface area contributed by atoms with Crippen LogP contribution in [0, 0.1) is 12.8 Å². The average Bonchev–Trinajstić information content (AvgIpc) is 2.47. The lowest BCUT2D eigenvalue weighted by Crippen LogP contribution is -2.17. The van der Waals surface area contributed by atoms with Crippen LogP contribution in [0.5, 0.6) is 0 Å². The minimum atomic E-state index is -0.746. The molecule has 0 fully saturated rings. The van der Waals surface area contributed by atoms with Crippen molar-refractivity contribution in [3.05, 3.63) is 15.6 Å². The van der Waals surface area contributed by atoms with E-state index in [-0.39, 0.29) is 5.92 Å². The van der Waals surface area contributed by atoms with Gasteiger partial charge in [-0.05, 0) is 25.7 Å². The number of hydrogen-bond donors (Lipinski definition) is 1. The molecule has 90 valence electrons. The van der Waals surface area contributed by atoms with Crippen molar-refractivity contribution in [1.82, 2.24) is 4.98 Å². The average molecular weight is 241 g/mol. The topological polar surface area (TPSA) is 50.2 Å². The Hall–Kier alpha value is -0.900. The van der Waals surface area contributed by atoms with Crippen molar-refractivity contribution in [3.8, 4) is 0 Å². The van der Waals surface area contributed by atoms with Crippen LogP contribution in [0.25, 0.3) is 0 Å². The number of nitrogens with zero attached hydrogens (tertiary/aromatic N) is 1. The van der Waals surface area contributed by atoms with E-state index in [2.05, 4.69) is 11.9 Å². The third-order valence-corrected chi connectivity index (χ3v) is 3.86. The molecule has 1 N–H and O–H groups in total. The Morgan fingerprint density at radius 1 is 1.50 bits per heavy atom. The molecule has 0 bridgehead atoms. The third kappa shape index (κ3) is 2.82. The fraction of sp³-hybridized carbons (Fsp3) is 0.667. The minimum absolute atomic E-state index is 0.103. The van der Waals surface area contributed by atoms with Gasteiger partial charge in [0, 0.05) is 4.88 Å². The fourth-order valence-electron chi connectivity index (χ4n) is 1.78. The maximum absolute atomic E-state index is 11.2. The molecule has 1 aromatic heterocycles. The highest BCUT2D eigenvalue weighted by Crippen LogP contribution is 2.32. The molecule has 0 aliphatic carbocycles. The third-order valence-electron chi connectivity index (χ3n) is 2.56. The van der Waals surface area contributed by atoms with Crippen LogP contribution >= 0.6 is 11.3 Å². The molecule has 0 aromatic carbocycles. The van der Waals surface area contributed by atoms with Crippen LogP contribution in [0.2, 0.25) is 0 Å². The van der Waals surface area contributed by atoms with Gasteiger partial charge >= 0.3 is 5.97 Å². The Bertz CT molecular complexity index is 371. The summed E-state index contributed by atoms with van der Waals surface area (Å²) in [4.78, 5) is 16.6. The summed E-state index contributed by atoms with van der Waals surface area (Å²) < 4.78 is 0. The summed E-state index contributed by atoms with van der Waals surface area (Å²) in [5.41, 5.74) is 0.884. The molecule has 0 amide bonds. The second kappa shape index (κ2) is 5.43. The van der Waals surface area contributed by atoms with Crippen molar-refractivity contribution < 1.29 is 9.90 Å². The minimum Gasteiger partial charge on any atom is -0.481 e. The fourth-order valence-corrected chi connectivity index (χ4v) is 3.21. The molecule has 16 heavy (non-hydrogen) atoms. The quantitative estimate of drug-likeness (QED) is 0.861. The Morgan fingerprint density at radius 3 is 2.56 bits per heavy atom. The van der Waals surface area contributed by atoms with Gasteiger partial charge in [0.25, 0.3) is 0 Å². The second-order valence-electron chi connectivity index (χ2n) is 4.37. The summed E-state index contributed by atoms with van der Waals surface area (Å²) in [7, 11) is 0. The van der Waals surface area contributed by atoms with Crippen molar-refractivity contribution in [3.63, 3.8) is 0 Å². The monoisotopic (exact) mass is 241 g/mol. The van der Waals surface area contributed by atoms with Crippen LogP contribution in [-0.2, 0) is 11.2 Å². The van der Waals surface area contributed by atoms with Crippen LogP contribution in [-0.4, -0.2) is 16.1 Å². The number of rotatable bonds is 5. The molecule has 1 atom stereocenters. The number of aryl methyl sites for hydroxylation is 2. The molecule has 3 nitrogen and oxygen atoms in total. The first-order chi connectivity index (χ1) is 7.47. The molecule has 1 heterocycles. The zero-order valence-electron chi connectivity index (χ0n) is 10.3. The van der Waals surface area contributed by atoms with E-state index in [1.54, 1.807) is 11.3 Å². The summed E-state index contributed by atoms with van der Waals surface area (Å²) in [6, 6.07) is 0. The Kier molecular flexibility index (Phi) is 4.47. The maximum atomic E-state index is 11.2. The number of thiazole rings is 1. The first-order valence-electron chi connectivity index (χ1n) is 5.66. The molecular weight excluding hydrogens is 222 g/mol. The lowest BCUT2D eigenvalue weighted by atomic mass is 9.93. The van der Waals surface area contributed by atoms with Gasteiger partial charge in [-0.1, -0.05) is 20.8 Å². The Labute approximate surface area is 101 Å². The molecule has 4 heteroatoms. The van der Waals surface area contributed by atoms with Gasteiger partial charge in [0.2, 0.25) is 0 Å². The van der Waals surface area contributed by atoms with Gasteiger partial charge in [-0.15, -0.1) is 11.3 Å². The number of carboxylic acids is 1. The number of hydrogen-bond acceptors (Lipinski definition) is 3. The number of carboxylic acid groups (broad SMARTS) is 1. The molecule has 1 aromatic rings. The SMILES string of the molecule is CCCc1nc(C)c(C(C(=O)O)C(C)C)s1. The molecule has 0 aliphatic rings. The van der Waals surface area contributed by atoms with Crippen LogP contribution in [0.4, 0.5) is 0 Å². The number of aliphatic carboxylic acids is 1. The van der Waals surface area contributed by atoms with Gasteiger partial charge in [0.1, 0.15) is 0 Å². The largest absolute Gasteiger partial charge is 0.481 e. The van der Waals surface area contributed by atoms with Crippen molar-refractivity contribution in [2.24, 2.45) is 5.92 Å². The zero-order valence-corrected chi connectivity index (χ0v) is 11.1. The van der Waals surface area contributed by atoms with Crippen molar-refractivity contribution in [2.45, 2.75) is 46.5 Å². The van der Waals surface area contributed by atoms with Crippen molar-refractivity contribution in [2.75, 3.05) is 0 Å². The van der Waals surface area contributed by atoms with E-state index in [0.29, 0.717) is 0 Å². The van der Waals surface area contributed by atoms with Crippen LogP contribution in [0.3, 0.4) is 0 Å². The molecule has 0 spiro atoms. The van der Waals surface area contributed by atoms with E-state index in [1.165, 1.54) is 0 Å². The molecular formula is C12H19NO2S. The van der Waals surface area contributed by atoms with E-state index in [4.69, 9.17) is 0 Å². The first kappa shape index (κ1) is 13.2. The van der Waals surface area contributed by atoms with Crippen molar-refractivity contribution >= 4 is 17.3 Å². The summed E-state index contributed by atoms with van der Waals surface area (Å²) in [5.74, 6) is -1.06. The molecule has 0 saturated carbocycles. The highest BCUT2D eigenvalue weighted by Gasteiger charge is 2.27. The van der Waals surface area contributed by atoms with Gasteiger partial charge in [0.05, 0.1) is 16.6 Å². The highest BCUT2D eigenvalue weighted by molar-refractivity contribution is 7.12. The van der Waals surface area contributed by atoms with Crippen LogP contribution in [0.15, 0.2) is 0 Å². The summed E-state index contributed by atoms with van der Waals surface area (Å²) in [6.07, 6.45) is 1.99. The predicted molar refractivity (Wildman–Crippen MR) is 66.1 cm³/mol. The van der Waals surface area contributed by atoms with E-state index in [1.807, 2.05) is 20.8 Å². The second-order valence-corrected chi connectivity index (χ2v) is 5.48. The standard InChI is InChI=1S/C12H19NO2S/c1-5-6-9-13-8(4)11(16-9)10(7(2)3)12(14)15/h7,10H,5-6H2,1-4H3,(H,14,15).